The molecule has 0 aromatic heterocycles. The molecule has 0 saturated heterocycles. The first-order valence-corrected chi connectivity index (χ1v) is 9.99. The Kier molecular flexibility index (Phi) is 5.65. The summed E-state index contributed by atoms with van der Waals surface area (Å²) in [4.78, 5) is 53.3. The molecule has 158 valence electrons. The number of aromatic hydroxyl groups is 1. The zero-order chi connectivity index (χ0) is 22.2. The number of amides is 2. The number of hydrogen-bond acceptors (Lipinski definition) is 6. The van der Waals surface area contributed by atoms with Crippen LogP contribution in [0.25, 0.3) is 0 Å². The predicted molar refractivity (Wildman–Crippen MR) is 109 cm³/mol. The molecule has 2 aliphatic carbocycles. The summed E-state index contributed by atoms with van der Waals surface area (Å²) in [6, 6.07) is 4.57. The molecule has 7 heteroatoms. The molecular formula is C23H25NO6. The first-order chi connectivity index (χ1) is 14.2. The minimum Gasteiger partial charge on any atom is -0.508 e. The van der Waals surface area contributed by atoms with Crippen molar-refractivity contribution in [1.82, 2.24) is 4.90 Å². The Labute approximate surface area is 175 Å². The quantitative estimate of drug-likeness (QED) is 0.761. The number of Topliss-reactive ketones (excluding diaryl/α,β-unsaturated/α-hetero) is 2. The third-order valence-electron chi connectivity index (χ3n) is 5.48. The van der Waals surface area contributed by atoms with Gasteiger partial charge in [0.25, 0.3) is 0 Å². The molecule has 2 amide bonds. The van der Waals surface area contributed by atoms with Gasteiger partial charge in [0.15, 0.2) is 0 Å². The summed E-state index contributed by atoms with van der Waals surface area (Å²) in [5.74, 6) is -2.51. The summed E-state index contributed by atoms with van der Waals surface area (Å²) in [5.41, 5.74) is -1.34. The summed E-state index contributed by atoms with van der Waals surface area (Å²) >= 11 is 0. The van der Waals surface area contributed by atoms with Crippen molar-refractivity contribution in [2.75, 3.05) is 6.61 Å². The van der Waals surface area contributed by atoms with Gasteiger partial charge in [0, 0.05) is 23.6 Å². The number of imide groups is 1. The van der Waals surface area contributed by atoms with Gasteiger partial charge in [-0.3, -0.25) is 14.4 Å². The van der Waals surface area contributed by atoms with Crippen molar-refractivity contribution in [3.63, 3.8) is 0 Å². The van der Waals surface area contributed by atoms with E-state index in [9.17, 15) is 24.3 Å². The molecule has 0 radical (unpaired) electrons. The molecule has 0 unspecified atom stereocenters. The smallest absolute Gasteiger partial charge is 0.418 e. The Hall–Kier alpha value is -3.22. The first kappa shape index (κ1) is 21.5. The van der Waals surface area contributed by atoms with E-state index in [-0.39, 0.29) is 35.0 Å². The number of allylic oxidation sites excluding steroid dienone is 2. The van der Waals surface area contributed by atoms with E-state index in [1.54, 1.807) is 25.1 Å². The van der Waals surface area contributed by atoms with Gasteiger partial charge in [-0.05, 0) is 37.3 Å². The molecule has 0 bridgehead atoms. The Balaban J connectivity index is 2.36. The highest BCUT2D eigenvalue weighted by molar-refractivity contribution is 6.37. The lowest BCUT2D eigenvalue weighted by molar-refractivity contribution is -0.147. The van der Waals surface area contributed by atoms with Crippen molar-refractivity contribution in [3.05, 3.63) is 52.6 Å². The number of nitrogens with zero attached hydrogens (tertiary/aromatic N) is 1. The van der Waals surface area contributed by atoms with Crippen LogP contribution in [-0.2, 0) is 24.7 Å². The Morgan fingerprint density at radius 2 is 1.70 bits per heavy atom. The lowest BCUT2D eigenvalue weighted by Gasteiger charge is -2.36. The summed E-state index contributed by atoms with van der Waals surface area (Å²) in [6.07, 6.45) is 3.29. The molecule has 1 aromatic carbocycles. The fourth-order valence-corrected chi connectivity index (χ4v) is 4.07. The maximum atomic E-state index is 13.7. The van der Waals surface area contributed by atoms with Crippen LogP contribution in [0.5, 0.6) is 5.75 Å². The standard InChI is InChI=1S/C23H25NO6/c1-5-30-22(29)24(14(4)25)23(18-11-10-15(13(2)3)12-19(18)26)20(27)16-8-6-7-9-17(16)21(23)28/h8-13,26H,5-7H2,1-4H3. The molecule has 1 fully saturated rings. The molecule has 7 nitrogen and oxygen atoms in total. The summed E-state index contributed by atoms with van der Waals surface area (Å²) in [6.45, 7) is 6.46. The van der Waals surface area contributed by atoms with E-state index in [1.807, 2.05) is 13.8 Å². The van der Waals surface area contributed by atoms with E-state index in [1.165, 1.54) is 12.1 Å². The average Bonchev–Trinajstić information content (AvgIpc) is 2.91. The largest absolute Gasteiger partial charge is 0.508 e. The normalized spacial score (nSPS) is 17.4. The topological polar surface area (TPSA) is 101 Å². The number of ether oxygens (including phenoxy) is 1. The number of phenolic OH excluding ortho intramolecular Hbond substituents is 1. The maximum absolute atomic E-state index is 13.7. The van der Waals surface area contributed by atoms with Crippen LogP contribution in [0.2, 0.25) is 0 Å². The summed E-state index contributed by atoms with van der Waals surface area (Å²) in [5, 5.41) is 10.8. The van der Waals surface area contributed by atoms with Gasteiger partial charge in [0.1, 0.15) is 5.75 Å². The number of fused-ring (bicyclic) bond motifs is 1. The highest BCUT2D eigenvalue weighted by atomic mass is 16.6. The fourth-order valence-electron chi connectivity index (χ4n) is 4.07. The lowest BCUT2D eigenvalue weighted by Crippen LogP contribution is -2.58. The SMILES string of the molecule is CCOC(=O)N(C(C)=O)C1(c2ccc(C(C)C)cc2O)C(=O)C2=CCCC=C2C1=O. The Bertz CT molecular complexity index is 969. The third-order valence-corrected chi connectivity index (χ3v) is 5.48. The molecule has 1 N–H and O–H groups in total. The second kappa shape index (κ2) is 7.89. The Morgan fingerprint density at radius 3 is 2.13 bits per heavy atom. The van der Waals surface area contributed by atoms with E-state index in [4.69, 9.17) is 4.74 Å². The number of benzene rings is 1. The molecular weight excluding hydrogens is 386 g/mol. The third kappa shape index (κ3) is 3.05. The average molecular weight is 411 g/mol. The van der Waals surface area contributed by atoms with Gasteiger partial charge in [0.05, 0.1) is 6.61 Å². The van der Waals surface area contributed by atoms with Gasteiger partial charge in [-0.2, -0.15) is 0 Å². The molecule has 0 atom stereocenters. The van der Waals surface area contributed by atoms with E-state index in [0.717, 1.165) is 12.5 Å². The number of ketones is 2. The van der Waals surface area contributed by atoms with Gasteiger partial charge in [-0.25, -0.2) is 9.69 Å². The maximum Gasteiger partial charge on any atom is 0.418 e. The van der Waals surface area contributed by atoms with E-state index in [2.05, 4.69) is 0 Å². The molecule has 30 heavy (non-hydrogen) atoms. The van der Waals surface area contributed by atoms with Gasteiger partial charge in [0.2, 0.25) is 23.0 Å². The molecule has 0 aliphatic heterocycles. The van der Waals surface area contributed by atoms with E-state index >= 15 is 0 Å². The van der Waals surface area contributed by atoms with E-state index in [0.29, 0.717) is 17.7 Å². The van der Waals surface area contributed by atoms with Gasteiger partial charge in [-0.15, -0.1) is 0 Å². The Morgan fingerprint density at radius 1 is 1.13 bits per heavy atom. The second-order valence-corrected chi connectivity index (χ2v) is 7.67. The van der Waals surface area contributed by atoms with Crippen molar-refractivity contribution in [2.24, 2.45) is 0 Å². The van der Waals surface area contributed by atoms with Crippen molar-refractivity contribution < 1.29 is 29.0 Å². The number of phenols is 1. The number of rotatable bonds is 4. The zero-order valence-corrected chi connectivity index (χ0v) is 17.5. The zero-order valence-electron chi connectivity index (χ0n) is 17.5. The van der Waals surface area contributed by atoms with Crippen LogP contribution in [0.1, 0.15) is 57.6 Å². The van der Waals surface area contributed by atoms with Crippen LogP contribution in [0.15, 0.2) is 41.5 Å². The van der Waals surface area contributed by atoms with Crippen molar-refractivity contribution in [3.8, 4) is 5.75 Å². The lowest BCUT2D eigenvalue weighted by atomic mass is 9.82. The van der Waals surface area contributed by atoms with Crippen LogP contribution in [-0.4, -0.2) is 40.2 Å². The van der Waals surface area contributed by atoms with Crippen LogP contribution < -0.4 is 0 Å². The van der Waals surface area contributed by atoms with Crippen LogP contribution >= 0.6 is 0 Å². The van der Waals surface area contributed by atoms with Gasteiger partial charge >= 0.3 is 6.09 Å². The number of carbonyl (C=O) groups excluding carboxylic acids is 4. The predicted octanol–water partition coefficient (Wildman–Crippen LogP) is 3.51. The summed E-state index contributed by atoms with van der Waals surface area (Å²) < 4.78 is 5.02. The minimum absolute atomic E-state index is 0.0509. The van der Waals surface area contributed by atoms with Crippen LogP contribution in [0, 0.1) is 0 Å². The second-order valence-electron chi connectivity index (χ2n) is 7.67. The van der Waals surface area contributed by atoms with Crippen molar-refractivity contribution >= 4 is 23.6 Å². The molecule has 0 spiro atoms. The minimum atomic E-state index is -2.33. The highest BCUT2D eigenvalue weighted by Gasteiger charge is 2.64. The van der Waals surface area contributed by atoms with Crippen LogP contribution in [0.3, 0.4) is 0 Å². The van der Waals surface area contributed by atoms with Crippen molar-refractivity contribution in [1.29, 1.82) is 0 Å². The molecule has 1 saturated carbocycles. The van der Waals surface area contributed by atoms with E-state index < -0.39 is 29.1 Å². The fraction of sp³-hybridized carbons (Fsp3) is 0.391. The van der Waals surface area contributed by atoms with Crippen LogP contribution in [0.4, 0.5) is 4.79 Å². The van der Waals surface area contributed by atoms with Crippen molar-refractivity contribution in [2.45, 2.75) is 52.0 Å². The first-order valence-electron chi connectivity index (χ1n) is 9.99. The molecule has 0 heterocycles. The highest BCUT2D eigenvalue weighted by Crippen LogP contribution is 2.48. The molecule has 1 aromatic rings. The number of carbonyl (C=O) groups is 4. The molecule has 3 rings (SSSR count). The monoisotopic (exact) mass is 411 g/mol. The van der Waals surface area contributed by atoms with Gasteiger partial charge in [-0.1, -0.05) is 38.1 Å². The van der Waals surface area contributed by atoms with Gasteiger partial charge < -0.3 is 9.84 Å². The summed E-state index contributed by atoms with van der Waals surface area (Å²) in [7, 11) is 0. The number of hydrogen-bond donors (Lipinski definition) is 1. The molecule has 2 aliphatic rings.